The molecule has 1 atom stereocenters. The first-order chi connectivity index (χ1) is 12.0. The summed E-state index contributed by atoms with van der Waals surface area (Å²) in [4.78, 5) is 15.7. The van der Waals surface area contributed by atoms with Crippen molar-refractivity contribution in [3.05, 3.63) is 11.6 Å². The van der Waals surface area contributed by atoms with Crippen LogP contribution in [-0.4, -0.2) is 38.1 Å². The number of benzene rings is 1. The Labute approximate surface area is 147 Å². The van der Waals surface area contributed by atoms with Crippen molar-refractivity contribution >= 4 is 28.7 Å². The van der Waals surface area contributed by atoms with Crippen LogP contribution in [0.5, 0.6) is 0 Å². The number of nitrogens with zero attached hydrogens (tertiary/aromatic N) is 2. The lowest BCUT2D eigenvalue weighted by atomic mass is 10.0. The van der Waals surface area contributed by atoms with Crippen LogP contribution in [-0.2, 0) is 4.79 Å². The van der Waals surface area contributed by atoms with E-state index in [0.717, 1.165) is 19.3 Å². The lowest BCUT2D eigenvalue weighted by molar-refractivity contribution is -0.116. The van der Waals surface area contributed by atoms with Crippen LogP contribution in [0, 0.1) is 11.6 Å². The Morgan fingerprint density at radius 2 is 1.72 bits per heavy atom. The molecule has 3 rings (SSSR count). The molecule has 0 bridgehead atoms. The number of anilines is 4. The molecule has 7 heteroatoms. The number of halogens is 2. The van der Waals surface area contributed by atoms with Gasteiger partial charge in [-0.1, -0.05) is 0 Å². The molecule has 25 heavy (non-hydrogen) atoms. The highest BCUT2D eigenvalue weighted by Gasteiger charge is 2.35. The van der Waals surface area contributed by atoms with Gasteiger partial charge in [-0.15, -0.1) is 0 Å². The van der Waals surface area contributed by atoms with Crippen LogP contribution < -0.4 is 20.4 Å². The van der Waals surface area contributed by atoms with Crippen LogP contribution >= 0.6 is 0 Å². The Morgan fingerprint density at radius 1 is 1.08 bits per heavy atom. The summed E-state index contributed by atoms with van der Waals surface area (Å²) in [5.74, 6) is -1.50. The van der Waals surface area contributed by atoms with Crippen molar-refractivity contribution in [3.63, 3.8) is 0 Å². The van der Waals surface area contributed by atoms with Crippen molar-refractivity contribution in [2.45, 2.75) is 46.1 Å². The van der Waals surface area contributed by atoms with Gasteiger partial charge in [-0.25, -0.2) is 8.78 Å². The maximum atomic E-state index is 15.5. The first-order valence-electron chi connectivity index (χ1n) is 9.11. The van der Waals surface area contributed by atoms with E-state index in [1.165, 1.54) is 0 Å². The minimum atomic E-state index is -0.635. The predicted molar refractivity (Wildman–Crippen MR) is 97.7 cm³/mol. The molecule has 0 spiro atoms. The number of piperidine rings is 1. The van der Waals surface area contributed by atoms with Crippen LogP contribution in [0.4, 0.5) is 31.5 Å². The van der Waals surface area contributed by atoms with Crippen LogP contribution in [0.25, 0.3) is 0 Å². The highest BCUT2D eigenvalue weighted by atomic mass is 19.1. The number of hydrogen-bond donors (Lipinski definition) is 2. The third kappa shape index (κ3) is 3.00. The summed E-state index contributed by atoms with van der Waals surface area (Å²) in [5.41, 5.74) is 0.720. The molecular weight excluding hydrogens is 326 g/mol. The minimum absolute atomic E-state index is 0.0137. The molecule has 1 fully saturated rings. The first-order valence-corrected chi connectivity index (χ1v) is 9.11. The molecule has 2 N–H and O–H groups in total. The number of amides is 1. The fourth-order valence-electron chi connectivity index (χ4n) is 3.67. The van der Waals surface area contributed by atoms with Crippen molar-refractivity contribution in [3.8, 4) is 0 Å². The third-order valence-corrected chi connectivity index (χ3v) is 5.08. The topological polar surface area (TPSA) is 47.6 Å². The standard InChI is InChI=1S/C18H26F2N4O/c1-4-23(5-2)16-12(19)14-15(22-18(25)11(3)21-14)17(13(16)20)24-9-7-6-8-10-24/h11,21H,4-10H2,1-3H3,(H,22,25)/t11-/m0/s1. The third-order valence-electron chi connectivity index (χ3n) is 5.08. The molecule has 138 valence electrons. The van der Waals surface area contributed by atoms with Crippen molar-refractivity contribution < 1.29 is 13.6 Å². The molecule has 0 radical (unpaired) electrons. The van der Waals surface area contributed by atoms with E-state index in [0.29, 0.717) is 31.9 Å². The molecule has 1 saturated heterocycles. The number of nitrogens with one attached hydrogen (secondary N) is 2. The smallest absolute Gasteiger partial charge is 0.246 e. The average molecular weight is 352 g/mol. The summed E-state index contributed by atoms with van der Waals surface area (Å²) in [6, 6.07) is -0.564. The van der Waals surface area contributed by atoms with Gasteiger partial charge < -0.3 is 20.4 Å². The molecule has 0 aliphatic carbocycles. The summed E-state index contributed by atoms with van der Waals surface area (Å²) in [6.07, 6.45) is 3.03. The molecule has 2 aliphatic rings. The molecule has 2 heterocycles. The summed E-state index contributed by atoms with van der Waals surface area (Å²) < 4.78 is 30.6. The summed E-state index contributed by atoms with van der Waals surface area (Å²) in [5, 5.41) is 5.64. The maximum absolute atomic E-state index is 15.5. The van der Waals surface area contributed by atoms with Gasteiger partial charge in [0.25, 0.3) is 0 Å². The van der Waals surface area contributed by atoms with Crippen LogP contribution in [0.2, 0.25) is 0 Å². The number of hydrogen-bond acceptors (Lipinski definition) is 4. The normalized spacial score (nSPS) is 20.0. The van der Waals surface area contributed by atoms with Gasteiger partial charge in [0.15, 0.2) is 11.6 Å². The van der Waals surface area contributed by atoms with E-state index in [4.69, 9.17) is 0 Å². The van der Waals surface area contributed by atoms with E-state index in [2.05, 4.69) is 10.6 Å². The summed E-state index contributed by atoms with van der Waals surface area (Å²) in [7, 11) is 0. The van der Waals surface area contributed by atoms with Gasteiger partial charge in [0.05, 0.1) is 11.4 Å². The Morgan fingerprint density at radius 3 is 2.32 bits per heavy atom. The van der Waals surface area contributed by atoms with Crippen LogP contribution in [0.3, 0.4) is 0 Å². The molecule has 1 amide bonds. The van der Waals surface area contributed by atoms with Crippen molar-refractivity contribution in [1.82, 2.24) is 0 Å². The Hall–Kier alpha value is -2.05. The quantitative estimate of drug-likeness (QED) is 0.870. The second-order valence-electron chi connectivity index (χ2n) is 6.65. The van der Waals surface area contributed by atoms with Crippen molar-refractivity contribution in [1.29, 1.82) is 0 Å². The van der Waals surface area contributed by atoms with Crippen LogP contribution in [0.15, 0.2) is 0 Å². The summed E-state index contributed by atoms with van der Waals surface area (Å²) >= 11 is 0. The zero-order valence-corrected chi connectivity index (χ0v) is 15.1. The van der Waals surface area contributed by atoms with Crippen molar-refractivity contribution in [2.75, 3.05) is 46.6 Å². The van der Waals surface area contributed by atoms with Crippen LogP contribution in [0.1, 0.15) is 40.0 Å². The zero-order valence-electron chi connectivity index (χ0n) is 15.1. The Kier molecular flexibility index (Phi) is 5.01. The zero-order chi connectivity index (χ0) is 18.1. The van der Waals surface area contributed by atoms with E-state index in [1.54, 1.807) is 11.8 Å². The lowest BCUT2D eigenvalue weighted by Gasteiger charge is -2.36. The number of fused-ring (bicyclic) bond motifs is 1. The van der Waals surface area contributed by atoms with E-state index in [9.17, 15) is 4.79 Å². The molecule has 0 saturated carbocycles. The fourth-order valence-corrected chi connectivity index (χ4v) is 3.67. The second-order valence-corrected chi connectivity index (χ2v) is 6.65. The molecule has 0 unspecified atom stereocenters. The largest absolute Gasteiger partial charge is 0.370 e. The lowest BCUT2D eigenvalue weighted by Crippen LogP contribution is -2.40. The van der Waals surface area contributed by atoms with Gasteiger partial charge in [-0.3, -0.25) is 4.79 Å². The van der Waals surface area contributed by atoms with E-state index >= 15 is 8.78 Å². The monoisotopic (exact) mass is 352 g/mol. The molecule has 0 aromatic heterocycles. The maximum Gasteiger partial charge on any atom is 0.246 e. The average Bonchev–Trinajstić information content (AvgIpc) is 2.61. The van der Waals surface area contributed by atoms with Crippen molar-refractivity contribution in [2.24, 2.45) is 0 Å². The van der Waals surface area contributed by atoms with Gasteiger partial charge in [0.1, 0.15) is 17.4 Å². The molecular formula is C18H26F2N4O. The highest BCUT2D eigenvalue weighted by Crippen LogP contribution is 2.46. The van der Waals surface area contributed by atoms with Gasteiger partial charge in [-0.05, 0) is 40.0 Å². The first kappa shape index (κ1) is 17.8. The van der Waals surface area contributed by atoms with Gasteiger partial charge in [-0.2, -0.15) is 0 Å². The molecule has 2 aliphatic heterocycles. The van der Waals surface area contributed by atoms with Gasteiger partial charge in [0.2, 0.25) is 5.91 Å². The Bertz CT molecular complexity index is 670. The molecule has 1 aromatic carbocycles. The number of carbonyl (C=O) groups is 1. The molecule has 5 nitrogen and oxygen atoms in total. The SMILES string of the molecule is CCN(CC)c1c(F)c2c(c(N3CCCCC3)c1F)NC(=O)[C@H](C)N2. The van der Waals surface area contributed by atoms with E-state index in [-0.39, 0.29) is 23.0 Å². The second kappa shape index (κ2) is 7.06. The van der Waals surface area contributed by atoms with Gasteiger partial charge >= 0.3 is 0 Å². The van der Waals surface area contributed by atoms with E-state index in [1.807, 2.05) is 18.7 Å². The van der Waals surface area contributed by atoms with E-state index < -0.39 is 17.7 Å². The minimum Gasteiger partial charge on any atom is -0.370 e. The fraction of sp³-hybridized carbons (Fsp3) is 0.611. The number of carbonyl (C=O) groups excluding carboxylic acids is 1. The highest BCUT2D eigenvalue weighted by molar-refractivity contribution is 6.07. The summed E-state index contributed by atoms with van der Waals surface area (Å²) in [6.45, 7) is 7.84. The van der Waals surface area contributed by atoms with Gasteiger partial charge in [0, 0.05) is 26.2 Å². The Balaban J connectivity index is 2.22. The predicted octanol–water partition coefficient (Wildman–Crippen LogP) is 3.55. The number of rotatable bonds is 4. The molecule has 1 aromatic rings.